The van der Waals surface area contributed by atoms with Gasteiger partial charge in [0, 0.05) is 11.8 Å². The van der Waals surface area contributed by atoms with Gasteiger partial charge in [0.15, 0.2) is 0 Å². The van der Waals surface area contributed by atoms with E-state index >= 15 is 0 Å². The molecule has 1 aromatic heterocycles. The average Bonchev–Trinajstić information content (AvgIpc) is 2.38. The van der Waals surface area contributed by atoms with Crippen LogP contribution in [-0.2, 0) is 6.42 Å². The quantitative estimate of drug-likeness (QED) is 0.819. The molecule has 94 valence electrons. The lowest BCUT2D eigenvalue weighted by atomic mass is 10.1. The molecule has 0 fully saturated rings. The molecule has 0 atom stereocenters. The van der Waals surface area contributed by atoms with Crippen molar-refractivity contribution >= 4 is 23.1 Å². The van der Waals surface area contributed by atoms with E-state index in [9.17, 15) is 0 Å². The first-order valence-corrected chi connectivity index (χ1v) is 6.49. The molecule has 0 unspecified atom stereocenters. The number of hydrogen-bond acceptors (Lipinski definition) is 3. The maximum atomic E-state index is 5.80. The Bertz CT molecular complexity index is 497. The Hall–Kier alpha value is -1.61. The van der Waals surface area contributed by atoms with Gasteiger partial charge in [-0.05, 0) is 30.5 Å². The summed E-state index contributed by atoms with van der Waals surface area (Å²) in [5.41, 5.74) is 2.37. The van der Waals surface area contributed by atoms with Gasteiger partial charge in [-0.3, -0.25) is 0 Å². The van der Waals surface area contributed by atoms with E-state index in [2.05, 4.69) is 46.5 Å². The highest BCUT2D eigenvalue weighted by atomic mass is 35.5. The number of aryl methyl sites for hydroxylation is 1. The zero-order valence-corrected chi connectivity index (χ0v) is 11.1. The van der Waals surface area contributed by atoms with Crippen LogP contribution in [0.2, 0.25) is 5.15 Å². The monoisotopic (exact) mass is 261 g/mol. The Morgan fingerprint density at radius 3 is 2.61 bits per heavy atom. The lowest BCUT2D eigenvalue weighted by molar-refractivity contribution is 0.795. The van der Waals surface area contributed by atoms with Crippen molar-refractivity contribution in [2.45, 2.75) is 26.2 Å². The van der Waals surface area contributed by atoms with Crippen molar-refractivity contribution in [2.24, 2.45) is 0 Å². The second-order valence-electron chi connectivity index (χ2n) is 4.15. The molecule has 0 aliphatic carbocycles. The second kappa shape index (κ2) is 6.36. The first-order chi connectivity index (χ1) is 8.78. The van der Waals surface area contributed by atoms with Gasteiger partial charge < -0.3 is 5.32 Å². The molecule has 2 rings (SSSR count). The lowest BCUT2D eigenvalue weighted by Crippen LogP contribution is -1.94. The van der Waals surface area contributed by atoms with Crippen molar-refractivity contribution in [2.75, 3.05) is 5.32 Å². The third-order valence-electron chi connectivity index (χ3n) is 2.68. The predicted molar refractivity (Wildman–Crippen MR) is 75.4 cm³/mol. The summed E-state index contributed by atoms with van der Waals surface area (Å²) in [6, 6.07) is 10.1. The van der Waals surface area contributed by atoms with Crippen molar-refractivity contribution in [3.05, 3.63) is 47.4 Å². The first-order valence-electron chi connectivity index (χ1n) is 6.11. The summed E-state index contributed by atoms with van der Waals surface area (Å²) in [4.78, 5) is 7.94. The Balaban J connectivity index is 2.02. The van der Waals surface area contributed by atoms with Crippen LogP contribution >= 0.6 is 11.6 Å². The van der Waals surface area contributed by atoms with E-state index < -0.39 is 0 Å². The van der Waals surface area contributed by atoms with Gasteiger partial charge >= 0.3 is 0 Å². The lowest BCUT2D eigenvalue weighted by Gasteiger charge is -2.06. The van der Waals surface area contributed by atoms with Crippen molar-refractivity contribution in [3.8, 4) is 0 Å². The molecule has 0 amide bonds. The fourth-order valence-electron chi connectivity index (χ4n) is 1.69. The molecule has 18 heavy (non-hydrogen) atoms. The Morgan fingerprint density at radius 2 is 1.94 bits per heavy atom. The number of hydrogen-bond donors (Lipinski definition) is 1. The van der Waals surface area contributed by atoms with Gasteiger partial charge in [0.2, 0.25) is 0 Å². The highest BCUT2D eigenvalue weighted by molar-refractivity contribution is 6.29. The second-order valence-corrected chi connectivity index (χ2v) is 4.54. The molecule has 0 aliphatic rings. The summed E-state index contributed by atoms with van der Waals surface area (Å²) in [7, 11) is 0. The fourth-order valence-corrected chi connectivity index (χ4v) is 1.83. The van der Waals surface area contributed by atoms with E-state index in [1.54, 1.807) is 6.07 Å². The Kier molecular flexibility index (Phi) is 4.53. The van der Waals surface area contributed by atoms with Crippen LogP contribution in [-0.4, -0.2) is 9.97 Å². The molecule has 0 spiro atoms. The van der Waals surface area contributed by atoms with E-state index in [4.69, 9.17) is 11.6 Å². The minimum Gasteiger partial charge on any atom is -0.340 e. The van der Waals surface area contributed by atoms with E-state index in [0.29, 0.717) is 11.0 Å². The molecular formula is C14H16ClN3. The first kappa shape index (κ1) is 12.8. The molecule has 3 nitrogen and oxygen atoms in total. The minimum atomic E-state index is 0.437. The maximum Gasteiger partial charge on any atom is 0.135 e. The molecule has 1 heterocycles. The van der Waals surface area contributed by atoms with Crippen molar-refractivity contribution in [1.82, 2.24) is 9.97 Å². The van der Waals surface area contributed by atoms with Gasteiger partial charge in [0.1, 0.15) is 17.3 Å². The number of anilines is 2. The van der Waals surface area contributed by atoms with Gasteiger partial charge in [-0.15, -0.1) is 0 Å². The van der Waals surface area contributed by atoms with Gasteiger partial charge in [0.05, 0.1) is 0 Å². The largest absolute Gasteiger partial charge is 0.340 e. The van der Waals surface area contributed by atoms with Crippen LogP contribution in [0.1, 0.15) is 25.3 Å². The average molecular weight is 262 g/mol. The Morgan fingerprint density at radius 1 is 1.17 bits per heavy atom. The van der Waals surface area contributed by atoms with Crippen LogP contribution < -0.4 is 5.32 Å². The number of nitrogens with zero attached hydrogens (tertiary/aromatic N) is 2. The summed E-state index contributed by atoms with van der Waals surface area (Å²) in [5, 5.41) is 3.63. The molecule has 0 aliphatic heterocycles. The number of nitrogens with one attached hydrogen (secondary N) is 1. The van der Waals surface area contributed by atoms with Crippen LogP contribution in [0.4, 0.5) is 11.5 Å². The van der Waals surface area contributed by atoms with Crippen LogP contribution in [0.25, 0.3) is 0 Å². The predicted octanol–water partition coefficient (Wildman–Crippen LogP) is 4.22. The van der Waals surface area contributed by atoms with Crippen LogP contribution in [0, 0.1) is 0 Å². The topological polar surface area (TPSA) is 37.8 Å². The van der Waals surface area contributed by atoms with Crippen LogP contribution in [0.3, 0.4) is 0 Å². The summed E-state index contributed by atoms with van der Waals surface area (Å²) in [6.45, 7) is 2.20. The highest BCUT2D eigenvalue weighted by Gasteiger charge is 1.98. The normalized spacial score (nSPS) is 10.3. The molecule has 0 bridgehead atoms. The minimum absolute atomic E-state index is 0.437. The summed E-state index contributed by atoms with van der Waals surface area (Å²) < 4.78 is 0. The standard InChI is InChI=1S/C14H16ClN3/c1-2-3-4-11-5-7-12(8-6-11)18-14-9-13(15)16-10-17-14/h5-10H,2-4H2,1H3,(H,16,17,18). The molecular weight excluding hydrogens is 246 g/mol. The van der Waals surface area contributed by atoms with Gasteiger partial charge in [-0.1, -0.05) is 37.1 Å². The number of aromatic nitrogens is 2. The maximum absolute atomic E-state index is 5.80. The van der Waals surface area contributed by atoms with Gasteiger partial charge in [0.25, 0.3) is 0 Å². The smallest absolute Gasteiger partial charge is 0.135 e. The molecule has 0 radical (unpaired) electrons. The summed E-state index contributed by atoms with van der Waals surface area (Å²) in [6.07, 6.45) is 5.03. The van der Waals surface area contributed by atoms with E-state index in [1.165, 1.54) is 24.7 Å². The molecule has 0 saturated carbocycles. The molecule has 1 N–H and O–H groups in total. The third-order valence-corrected chi connectivity index (χ3v) is 2.89. The van der Waals surface area contributed by atoms with Crippen LogP contribution in [0.15, 0.2) is 36.7 Å². The third kappa shape index (κ3) is 3.70. The summed E-state index contributed by atoms with van der Waals surface area (Å²) >= 11 is 5.80. The zero-order chi connectivity index (χ0) is 12.8. The van der Waals surface area contributed by atoms with Crippen LogP contribution in [0.5, 0.6) is 0 Å². The Labute approximate surface area is 112 Å². The summed E-state index contributed by atoms with van der Waals surface area (Å²) in [5.74, 6) is 0.705. The van der Waals surface area contributed by atoms with E-state index in [0.717, 1.165) is 12.1 Å². The van der Waals surface area contributed by atoms with Crippen molar-refractivity contribution in [3.63, 3.8) is 0 Å². The highest BCUT2D eigenvalue weighted by Crippen LogP contribution is 2.17. The van der Waals surface area contributed by atoms with E-state index in [-0.39, 0.29) is 0 Å². The molecule has 4 heteroatoms. The SMILES string of the molecule is CCCCc1ccc(Nc2cc(Cl)ncn2)cc1. The number of benzene rings is 1. The number of rotatable bonds is 5. The molecule has 2 aromatic rings. The molecule has 0 saturated heterocycles. The number of halogens is 1. The van der Waals surface area contributed by atoms with Gasteiger partial charge in [-0.2, -0.15) is 0 Å². The van der Waals surface area contributed by atoms with Gasteiger partial charge in [-0.25, -0.2) is 9.97 Å². The van der Waals surface area contributed by atoms with Crippen molar-refractivity contribution < 1.29 is 0 Å². The number of unbranched alkanes of at least 4 members (excludes halogenated alkanes) is 1. The fraction of sp³-hybridized carbons (Fsp3) is 0.286. The zero-order valence-electron chi connectivity index (χ0n) is 10.4. The molecule has 1 aromatic carbocycles. The van der Waals surface area contributed by atoms with E-state index in [1.807, 2.05) is 0 Å². The van der Waals surface area contributed by atoms with Crippen molar-refractivity contribution in [1.29, 1.82) is 0 Å².